The van der Waals surface area contributed by atoms with Gasteiger partial charge in [-0.2, -0.15) is 0 Å². The van der Waals surface area contributed by atoms with E-state index in [0.29, 0.717) is 27.3 Å². The van der Waals surface area contributed by atoms with Crippen molar-refractivity contribution in [2.75, 3.05) is 5.75 Å². The van der Waals surface area contributed by atoms with E-state index < -0.39 is 11.7 Å². The predicted octanol–water partition coefficient (Wildman–Crippen LogP) is 5.62. The van der Waals surface area contributed by atoms with E-state index in [1.165, 1.54) is 36.0 Å². The Hall–Kier alpha value is -3.20. The van der Waals surface area contributed by atoms with Crippen LogP contribution in [0.2, 0.25) is 10.0 Å². The van der Waals surface area contributed by atoms with Gasteiger partial charge in [-0.1, -0.05) is 65.3 Å². The third-order valence-electron chi connectivity index (χ3n) is 4.79. The number of nitrogens with zero attached hydrogens (tertiary/aromatic N) is 3. The highest BCUT2D eigenvalue weighted by Crippen LogP contribution is 2.24. The summed E-state index contributed by atoms with van der Waals surface area (Å²) in [6, 6.07) is 19.3. The number of amides is 1. The van der Waals surface area contributed by atoms with Crippen LogP contribution in [0.3, 0.4) is 0 Å². The summed E-state index contributed by atoms with van der Waals surface area (Å²) in [5.74, 6) is -0.365. The van der Waals surface area contributed by atoms with E-state index >= 15 is 0 Å². The number of hydrogen-bond donors (Lipinski definition) is 1. The third-order valence-corrected chi connectivity index (χ3v) is 6.29. The van der Waals surface area contributed by atoms with Crippen LogP contribution in [0, 0.1) is 5.82 Å². The van der Waals surface area contributed by atoms with Gasteiger partial charge in [0.1, 0.15) is 5.82 Å². The van der Waals surface area contributed by atoms with E-state index in [1.54, 1.807) is 47.0 Å². The molecule has 0 unspecified atom stereocenters. The van der Waals surface area contributed by atoms with Gasteiger partial charge in [0.15, 0.2) is 16.8 Å². The molecule has 0 saturated heterocycles. The quantitative estimate of drug-likeness (QED) is 0.244. The second kappa shape index (κ2) is 10.8. The molecule has 1 amide bonds. The standard InChI is InChI=1S/C24H17Cl2FN4O2S/c25-16-6-11-20(26)19(12-16)23(33)28-13-22-29-30-24(31(22)18-9-7-17(27)8-10-18)34-14-21(32)15-4-2-1-3-5-15/h1-12H,13-14H2,(H,28,33). The zero-order valence-corrected chi connectivity index (χ0v) is 19.9. The molecule has 3 aromatic carbocycles. The number of ketones is 1. The lowest BCUT2D eigenvalue weighted by molar-refractivity contribution is 0.0949. The number of carbonyl (C=O) groups is 2. The number of Topliss-reactive ketones (excluding diaryl/α,β-unsaturated/α-hetero) is 1. The Morgan fingerprint density at radius 1 is 0.971 bits per heavy atom. The molecule has 0 bridgehead atoms. The average Bonchev–Trinajstić information content (AvgIpc) is 3.26. The summed E-state index contributed by atoms with van der Waals surface area (Å²) in [6.45, 7) is 0.0131. The molecule has 172 valence electrons. The average molecular weight is 515 g/mol. The molecule has 1 N–H and O–H groups in total. The number of benzene rings is 3. The molecule has 6 nitrogen and oxygen atoms in total. The van der Waals surface area contributed by atoms with E-state index in [2.05, 4.69) is 15.5 Å². The summed E-state index contributed by atoms with van der Waals surface area (Å²) in [5, 5.41) is 12.2. The van der Waals surface area contributed by atoms with Gasteiger partial charge in [-0.3, -0.25) is 14.2 Å². The van der Waals surface area contributed by atoms with Crippen LogP contribution in [0.15, 0.2) is 78.0 Å². The Labute approximate surface area is 209 Å². The molecule has 0 aliphatic rings. The van der Waals surface area contributed by atoms with Gasteiger partial charge in [0.05, 0.1) is 22.9 Å². The first-order chi connectivity index (χ1) is 16.4. The zero-order valence-electron chi connectivity index (χ0n) is 17.5. The maximum absolute atomic E-state index is 13.5. The molecule has 0 radical (unpaired) electrons. The van der Waals surface area contributed by atoms with Crippen molar-refractivity contribution in [2.45, 2.75) is 11.7 Å². The number of aromatic nitrogens is 3. The first kappa shape index (κ1) is 23.9. The number of carbonyl (C=O) groups excluding carboxylic acids is 2. The fourth-order valence-corrected chi connectivity index (χ4v) is 4.36. The molecule has 4 rings (SSSR count). The number of nitrogens with one attached hydrogen (secondary N) is 1. The third kappa shape index (κ3) is 5.64. The van der Waals surface area contributed by atoms with Gasteiger partial charge in [-0.05, 0) is 42.5 Å². The molecule has 0 atom stereocenters. The van der Waals surface area contributed by atoms with Crippen LogP contribution in [0.5, 0.6) is 0 Å². The number of thioether (sulfide) groups is 1. The largest absolute Gasteiger partial charge is 0.345 e. The summed E-state index contributed by atoms with van der Waals surface area (Å²) in [4.78, 5) is 25.2. The van der Waals surface area contributed by atoms with Crippen molar-refractivity contribution in [1.29, 1.82) is 0 Å². The lowest BCUT2D eigenvalue weighted by Gasteiger charge is -2.11. The zero-order chi connectivity index (χ0) is 24.1. The van der Waals surface area contributed by atoms with Crippen molar-refractivity contribution in [3.63, 3.8) is 0 Å². The van der Waals surface area contributed by atoms with Crippen molar-refractivity contribution >= 4 is 46.7 Å². The van der Waals surface area contributed by atoms with Gasteiger partial charge in [0.25, 0.3) is 5.91 Å². The number of rotatable bonds is 8. The molecule has 0 saturated carbocycles. The van der Waals surface area contributed by atoms with Crippen LogP contribution in [0.1, 0.15) is 26.5 Å². The Bertz CT molecular complexity index is 1330. The van der Waals surface area contributed by atoms with Gasteiger partial charge in [0.2, 0.25) is 0 Å². The highest BCUT2D eigenvalue weighted by molar-refractivity contribution is 7.99. The second-order valence-corrected chi connectivity index (χ2v) is 8.88. The van der Waals surface area contributed by atoms with Gasteiger partial charge in [-0.25, -0.2) is 4.39 Å². The minimum atomic E-state index is -0.436. The van der Waals surface area contributed by atoms with E-state index in [9.17, 15) is 14.0 Å². The van der Waals surface area contributed by atoms with Crippen LogP contribution in [-0.4, -0.2) is 32.2 Å². The van der Waals surface area contributed by atoms with Gasteiger partial charge >= 0.3 is 0 Å². The first-order valence-corrected chi connectivity index (χ1v) is 11.8. The highest BCUT2D eigenvalue weighted by Gasteiger charge is 2.18. The second-order valence-electron chi connectivity index (χ2n) is 7.10. The highest BCUT2D eigenvalue weighted by atomic mass is 35.5. The van der Waals surface area contributed by atoms with Crippen molar-refractivity contribution in [1.82, 2.24) is 20.1 Å². The molecule has 1 aromatic heterocycles. The smallest absolute Gasteiger partial charge is 0.253 e. The maximum Gasteiger partial charge on any atom is 0.253 e. The molecular weight excluding hydrogens is 498 g/mol. The molecule has 0 aliphatic heterocycles. The van der Waals surface area contributed by atoms with Crippen LogP contribution in [-0.2, 0) is 6.54 Å². The Balaban J connectivity index is 1.56. The molecule has 0 fully saturated rings. The fourth-order valence-electron chi connectivity index (χ4n) is 3.12. The molecule has 0 aliphatic carbocycles. The van der Waals surface area contributed by atoms with E-state index in [1.807, 2.05) is 6.07 Å². The minimum absolute atomic E-state index is 0.0131. The van der Waals surface area contributed by atoms with Crippen LogP contribution >= 0.6 is 35.0 Å². The van der Waals surface area contributed by atoms with Crippen LogP contribution in [0.25, 0.3) is 5.69 Å². The number of hydrogen-bond acceptors (Lipinski definition) is 5. The Morgan fingerprint density at radius 3 is 2.44 bits per heavy atom. The van der Waals surface area contributed by atoms with Gasteiger partial charge in [-0.15, -0.1) is 10.2 Å². The lowest BCUT2D eigenvalue weighted by atomic mass is 10.2. The molecule has 4 aromatic rings. The van der Waals surface area contributed by atoms with Crippen molar-refractivity contribution in [3.05, 3.63) is 106 Å². The summed E-state index contributed by atoms with van der Waals surface area (Å²) < 4.78 is 15.2. The number of halogens is 3. The van der Waals surface area contributed by atoms with Crippen molar-refractivity contribution in [3.8, 4) is 5.69 Å². The molecule has 10 heteroatoms. The van der Waals surface area contributed by atoms with Crippen LogP contribution < -0.4 is 5.32 Å². The molecule has 34 heavy (non-hydrogen) atoms. The van der Waals surface area contributed by atoms with E-state index in [0.717, 1.165) is 0 Å². The van der Waals surface area contributed by atoms with Crippen LogP contribution in [0.4, 0.5) is 4.39 Å². The lowest BCUT2D eigenvalue weighted by Crippen LogP contribution is -2.25. The Morgan fingerprint density at radius 2 is 1.71 bits per heavy atom. The van der Waals surface area contributed by atoms with Gasteiger partial charge in [0, 0.05) is 16.3 Å². The fraction of sp³-hybridized carbons (Fsp3) is 0.0833. The minimum Gasteiger partial charge on any atom is -0.345 e. The first-order valence-electron chi connectivity index (χ1n) is 10.1. The van der Waals surface area contributed by atoms with E-state index in [4.69, 9.17) is 23.2 Å². The summed E-state index contributed by atoms with van der Waals surface area (Å²) in [7, 11) is 0. The summed E-state index contributed by atoms with van der Waals surface area (Å²) >= 11 is 13.3. The van der Waals surface area contributed by atoms with E-state index in [-0.39, 0.29) is 28.7 Å². The molecule has 0 spiro atoms. The predicted molar refractivity (Wildman–Crippen MR) is 130 cm³/mol. The molecule has 1 heterocycles. The Kier molecular flexibility index (Phi) is 7.62. The van der Waals surface area contributed by atoms with Crippen molar-refractivity contribution in [2.24, 2.45) is 0 Å². The van der Waals surface area contributed by atoms with Crippen molar-refractivity contribution < 1.29 is 14.0 Å². The maximum atomic E-state index is 13.5. The monoisotopic (exact) mass is 514 g/mol. The topological polar surface area (TPSA) is 76.9 Å². The van der Waals surface area contributed by atoms with Gasteiger partial charge < -0.3 is 5.32 Å². The SMILES string of the molecule is O=C(CSc1nnc(CNC(=O)c2cc(Cl)ccc2Cl)n1-c1ccc(F)cc1)c1ccccc1. The summed E-state index contributed by atoms with van der Waals surface area (Å²) in [6.07, 6.45) is 0. The summed E-state index contributed by atoms with van der Waals surface area (Å²) in [5.41, 5.74) is 1.41. The molecular formula is C24H17Cl2FN4O2S. The normalized spacial score (nSPS) is 10.8.